The number of benzene rings is 2. The van der Waals surface area contributed by atoms with Crippen LogP contribution in [-0.2, 0) is 19.1 Å². The zero-order chi connectivity index (χ0) is 30.8. The molecule has 226 valence electrons. The van der Waals surface area contributed by atoms with Gasteiger partial charge in [0.2, 0.25) is 0 Å². The maximum atomic E-state index is 14.1. The molecule has 44 heavy (non-hydrogen) atoms. The van der Waals surface area contributed by atoms with Crippen molar-refractivity contribution in [3.63, 3.8) is 0 Å². The standard InChI is InChI=1S/C33H32F3N7O/c1-22-5-6-23(16-28(22)39-31-32-38-10-11-43(32)21-29(40-31)25-4-3-9-37-19-25)17-30(44)24-7-8-26(27(18-24)33(34,35)36)20-42-14-12-41(2)13-15-42/h3-11,16,18-19,21H,12-15,17,20H2,1-2H3,(H,39,40). The molecule has 1 fully saturated rings. The molecule has 4 heterocycles. The molecule has 11 heteroatoms. The van der Waals surface area contributed by atoms with Gasteiger partial charge in [0, 0.05) is 86.9 Å². The molecule has 3 aromatic heterocycles. The number of likely N-dealkylation sites (N-methyl/N-ethyl adjacent to an activating group) is 1. The lowest BCUT2D eigenvalue weighted by Gasteiger charge is -2.33. The van der Waals surface area contributed by atoms with E-state index in [1.54, 1.807) is 18.6 Å². The topological polar surface area (TPSA) is 78.7 Å². The number of halogens is 3. The third-order valence-corrected chi connectivity index (χ3v) is 7.98. The van der Waals surface area contributed by atoms with E-state index < -0.39 is 11.7 Å². The summed E-state index contributed by atoms with van der Waals surface area (Å²) in [7, 11) is 2.00. The summed E-state index contributed by atoms with van der Waals surface area (Å²) in [6, 6.07) is 13.2. The van der Waals surface area contributed by atoms with Crippen LogP contribution in [0, 0.1) is 6.92 Å². The smallest absolute Gasteiger partial charge is 0.337 e. The number of hydrogen-bond donors (Lipinski definition) is 1. The fourth-order valence-electron chi connectivity index (χ4n) is 5.40. The molecule has 1 aliphatic heterocycles. The van der Waals surface area contributed by atoms with Crippen LogP contribution < -0.4 is 5.32 Å². The van der Waals surface area contributed by atoms with E-state index in [-0.39, 0.29) is 29.9 Å². The molecule has 0 atom stereocenters. The minimum atomic E-state index is -4.56. The Morgan fingerprint density at radius 1 is 1.02 bits per heavy atom. The number of aryl methyl sites for hydroxylation is 1. The summed E-state index contributed by atoms with van der Waals surface area (Å²) < 4.78 is 44.2. The van der Waals surface area contributed by atoms with Gasteiger partial charge in [-0.2, -0.15) is 13.2 Å². The number of carbonyl (C=O) groups is 1. The highest BCUT2D eigenvalue weighted by Crippen LogP contribution is 2.34. The molecule has 0 amide bonds. The van der Waals surface area contributed by atoms with Crippen molar-refractivity contribution in [3.05, 3.63) is 107 Å². The fraction of sp³-hybridized carbons (Fsp3) is 0.273. The molecule has 0 saturated carbocycles. The van der Waals surface area contributed by atoms with Crippen molar-refractivity contribution >= 4 is 22.9 Å². The van der Waals surface area contributed by atoms with Crippen LogP contribution in [0.15, 0.2) is 79.5 Å². The van der Waals surface area contributed by atoms with Crippen molar-refractivity contribution < 1.29 is 18.0 Å². The predicted octanol–water partition coefficient (Wildman–Crippen LogP) is 6.03. The van der Waals surface area contributed by atoms with E-state index in [0.717, 1.165) is 36.0 Å². The van der Waals surface area contributed by atoms with Crippen LogP contribution in [0.4, 0.5) is 24.7 Å². The van der Waals surface area contributed by atoms with E-state index >= 15 is 0 Å². The van der Waals surface area contributed by atoms with E-state index in [1.165, 1.54) is 12.1 Å². The molecule has 0 bridgehead atoms. The Bertz CT molecular complexity index is 1800. The second-order valence-corrected chi connectivity index (χ2v) is 11.2. The number of Topliss-reactive ketones (excluding diaryl/α,β-unsaturated/α-hetero) is 1. The summed E-state index contributed by atoms with van der Waals surface area (Å²) in [5, 5.41) is 3.36. The largest absolute Gasteiger partial charge is 0.416 e. The first-order valence-corrected chi connectivity index (χ1v) is 14.4. The van der Waals surface area contributed by atoms with Gasteiger partial charge in [-0.1, -0.05) is 24.3 Å². The second-order valence-electron chi connectivity index (χ2n) is 11.2. The van der Waals surface area contributed by atoms with Crippen LogP contribution in [-0.4, -0.2) is 68.2 Å². The number of pyridine rings is 1. The van der Waals surface area contributed by atoms with Crippen molar-refractivity contribution in [2.75, 3.05) is 38.5 Å². The summed E-state index contributed by atoms with van der Waals surface area (Å²) in [5.74, 6) is 0.137. The van der Waals surface area contributed by atoms with Gasteiger partial charge < -0.3 is 14.6 Å². The fourth-order valence-corrected chi connectivity index (χ4v) is 5.40. The zero-order valence-electron chi connectivity index (χ0n) is 24.5. The highest BCUT2D eigenvalue weighted by Gasteiger charge is 2.34. The lowest BCUT2D eigenvalue weighted by atomic mass is 9.96. The number of nitrogens with one attached hydrogen (secondary N) is 1. The van der Waals surface area contributed by atoms with Crippen LogP contribution in [0.5, 0.6) is 0 Å². The van der Waals surface area contributed by atoms with Gasteiger partial charge in [0.25, 0.3) is 0 Å². The molecular formula is C33H32F3N7O. The van der Waals surface area contributed by atoms with Crippen molar-refractivity contribution in [2.45, 2.75) is 26.1 Å². The molecule has 1 aliphatic rings. The van der Waals surface area contributed by atoms with E-state index in [0.29, 0.717) is 35.8 Å². The second kappa shape index (κ2) is 12.2. The third kappa shape index (κ3) is 6.48. The van der Waals surface area contributed by atoms with Gasteiger partial charge in [0.15, 0.2) is 17.2 Å². The van der Waals surface area contributed by atoms with E-state index in [9.17, 15) is 18.0 Å². The first-order chi connectivity index (χ1) is 21.1. The summed E-state index contributed by atoms with van der Waals surface area (Å²) in [6.07, 6.45) is 4.20. The Hall–Kier alpha value is -4.61. The van der Waals surface area contributed by atoms with Crippen LogP contribution in [0.3, 0.4) is 0 Å². The average Bonchev–Trinajstić information content (AvgIpc) is 3.49. The average molecular weight is 600 g/mol. The number of hydrogen-bond acceptors (Lipinski definition) is 7. The maximum Gasteiger partial charge on any atom is 0.416 e. The normalized spacial score (nSPS) is 14.7. The molecule has 0 spiro atoms. The number of fused-ring (bicyclic) bond motifs is 1. The number of aromatic nitrogens is 4. The van der Waals surface area contributed by atoms with Crippen LogP contribution in [0.2, 0.25) is 0 Å². The first-order valence-electron chi connectivity index (χ1n) is 14.4. The van der Waals surface area contributed by atoms with Crippen molar-refractivity contribution in [3.8, 4) is 11.3 Å². The Kier molecular flexibility index (Phi) is 8.15. The maximum absolute atomic E-state index is 14.1. The highest BCUT2D eigenvalue weighted by atomic mass is 19.4. The van der Waals surface area contributed by atoms with Gasteiger partial charge in [-0.3, -0.25) is 14.7 Å². The van der Waals surface area contributed by atoms with Gasteiger partial charge in [-0.25, -0.2) is 9.97 Å². The number of imidazole rings is 1. The summed E-state index contributed by atoms with van der Waals surface area (Å²) in [5.41, 5.74) is 3.93. The molecule has 8 nitrogen and oxygen atoms in total. The SMILES string of the molecule is Cc1ccc(CC(=O)c2ccc(CN3CCN(C)CC3)c(C(F)(F)F)c2)cc1Nc1nc(-c2cccnc2)cn2ccnc12. The molecule has 0 aliphatic carbocycles. The predicted molar refractivity (Wildman–Crippen MR) is 163 cm³/mol. The number of rotatable bonds is 8. The van der Waals surface area contributed by atoms with Gasteiger partial charge in [0.05, 0.1) is 11.3 Å². The number of nitrogens with zero attached hydrogens (tertiary/aromatic N) is 6. The number of ketones is 1. The van der Waals surface area contributed by atoms with Gasteiger partial charge >= 0.3 is 6.18 Å². The van der Waals surface area contributed by atoms with Crippen LogP contribution in [0.25, 0.3) is 16.9 Å². The molecule has 2 aromatic carbocycles. The Morgan fingerprint density at radius 3 is 2.59 bits per heavy atom. The van der Waals surface area contributed by atoms with Gasteiger partial charge in [-0.05, 0) is 54.9 Å². The van der Waals surface area contributed by atoms with Gasteiger partial charge in [-0.15, -0.1) is 0 Å². The number of piperazine rings is 1. The summed E-state index contributed by atoms with van der Waals surface area (Å²) >= 11 is 0. The minimum absolute atomic E-state index is 0.0412. The van der Waals surface area contributed by atoms with Crippen molar-refractivity contribution in [1.29, 1.82) is 0 Å². The Morgan fingerprint density at radius 2 is 1.84 bits per heavy atom. The molecule has 6 rings (SSSR count). The molecule has 5 aromatic rings. The Labute approximate surface area is 253 Å². The van der Waals surface area contributed by atoms with Crippen LogP contribution >= 0.6 is 0 Å². The number of carbonyl (C=O) groups excluding carboxylic acids is 1. The van der Waals surface area contributed by atoms with Crippen LogP contribution in [0.1, 0.15) is 32.6 Å². The molecule has 0 unspecified atom stereocenters. The quantitative estimate of drug-likeness (QED) is 0.218. The third-order valence-electron chi connectivity index (χ3n) is 7.98. The molecular weight excluding hydrogens is 567 g/mol. The molecule has 1 N–H and O–H groups in total. The molecule has 0 radical (unpaired) electrons. The zero-order valence-corrected chi connectivity index (χ0v) is 24.5. The first kappa shape index (κ1) is 29.5. The lowest BCUT2D eigenvalue weighted by molar-refractivity contribution is -0.138. The Balaban J connectivity index is 1.23. The monoisotopic (exact) mass is 599 g/mol. The highest BCUT2D eigenvalue weighted by molar-refractivity contribution is 5.98. The summed E-state index contributed by atoms with van der Waals surface area (Å²) in [4.78, 5) is 30.9. The number of anilines is 2. The molecule has 1 saturated heterocycles. The minimum Gasteiger partial charge on any atom is -0.337 e. The number of alkyl halides is 3. The van der Waals surface area contributed by atoms with E-state index in [1.807, 2.05) is 66.0 Å². The van der Waals surface area contributed by atoms with Crippen molar-refractivity contribution in [1.82, 2.24) is 29.2 Å². The van der Waals surface area contributed by atoms with E-state index in [2.05, 4.69) is 20.2 Å². The van der Waals surface area contributed by atoms with Gasteiger partial charge in [0.1, 0.15) is 0 Å². The van der Waals surface area contributed by atoms with Crippen molar-refractivity contribution in [2.24, 2.45) is 0 Å². The lowest BCUT2D eigenvalue weighted by Crippen LogP contribution is -2.44. The van der Waals surface area contributed by atoms with E-state index in [4.69, 9.17) is 4.98 Å². The summed E-state index contributed by atoms with van der Waals surface area (Å²) in [6.45, 7) is 5.15.